The summed E-state index contributed by atoms with van der Waals surface area (Å²) in [6.45, 7) is 0.642. The Bertz CT molecular complexity index is 521. The van der Waals surface area contributed by atoms with Crippen molar-refractivity contribution in [3.63, 3.8) is 0 Å². The van der Waals surface area contributed by atoms with Crippen molar-refractivity contribution in [3.05, 3.63) is 24.3 Å². The number of aromatic nitrogens is 1. The van der Waals surface area contributed by atoms with Crippen LogP contribution in [0, 0.1) is 0 Å². The van der Waals surface area contributed by atoms with Crippen LogP contribution in [0.25, 0.3) is 10.9 Å². The molecule has 0 saturated heterocycles. The first-order chi connectivity index (χ1) is 8.18. The maximum Gasteiger partial charge on any atom is 0.223 e. The van der Waals surface area contributed by atoms with Gasteiger partial charge in [0.05, 0.1) is 5.52 Å². The van der Waals surface area contributed by atoms with Crippen LogP contribution in [0.5, 0.6) is 0 Å². The summed E-state index contributed by atoms with van der Waals surface area (Å²) in [7, 11) is 3.54. The number of amides is 1. The van der Waals surface area contributed by atoms with E-state index in [9.17, 15) is 4.79 Å². The lowest BCUT2D eigenvalue weighted by Crippen LogP contribution is -2.23. The van der Waals surface area contributed by atoms with Gasteiger partial charge in [-0.3, -0.25) is 4.79 Å². The van der Waals surface area contributed by atoms with Crippen molar-refractivity contribution >= 4 is 33.3 Å². The lowest BCUT2D eigenvalue weighted by Gasteiger charge is -2.10. The number of anilines is 1. The van der Waals surface area contributed by atoms with Gasteiger partial charge in [0.1, 0.15) is 5.00 Å². The standard InChI is InChI=1S/C12H15N3OS/c1-15(2)11(16)7-8-13-12-9-5-3-4-6-10(9)14-17-12/h3-6,13H,7-8H2,1-2H3. The summed E-state index contributed by atoms with van der Waals surface area (Å²) in [6, 6.07) is 7.99. The molecule has 1 heterocycles. The van der Waals surface area contributed by atoms with Gasteiger partial charge in [-0.2, -0.15) is 4.37 Å². The molecule has 90 valence electrons. The van der Waals surface area contributed by atoms with Crippen molar-refractivity contribution in [3.8, 4) is 0 Å². The smallest absolute Gasteiger partial charge is 0.223 e. The molecule has 0 unspecified atom stereocenters. The average Bonchev–Trinajstić information content (AvgIpc) is 2.72. The largest absolute Gasteiger partial charge is 0.375 e. The molecule has 0 atom stereocenters. The third kappa shape index (κ3) is 2.74. The quantitative estimate of drug-likeness (QED) is 0.903. The molecule has 5 heteroatoms. The van der Waals surface area contributed by atoms with Gasteiger partial charge >= 0.3 is 0 Å². The van der Waals surface area contributed by atoms with E-state index < -0.39 is 0 Å². The molecule has 0 aliphatic rings. The third-order valence-corrected chi connectivity index (χ3v) is 3.34. The van der Waals surface area contributed by atoms with Crippen LogP contribution in [0.2, 0.25) is 0 Å². The van der Waals surface area contributed by atoms with E-state index in [1.165, 1.54) is 11.5 Å². The van der Waals surface area contributed by atoms with Crippen molar-refractivity contribution in [1.29, 1.82) is 0 Å². The number of carbonyl (C=O) groups is 1. The highest BCUT2D eigenvalue weighted by molar-refractivity contribution is 7.11. The number of nitrogens with one attached hydrogen (secondary N) is 1. The fraction of sp³-hybridized carbons (Fsp3) is 0.333. The summed E-state index contributed by atoms with van der Waals surface area (Å²) >= 11 is 1.44. The van der Waals surface area contributed by atoms with Crippen LogP contribution < -0.4 is 5.32 Å². The summed E-state index contributed by atoms with van der Waals surface area (Å²) in [4.78, 5) is 13.0. The fourth-order valence-corrected chi connectivity index (χ4v) is 2.31. The minimum absolute atomic E-state index is 0.131. The van der Waals surface area contributed by atoms with Gasteiger partial charge in [-0.1, -0.05) is 12.1 Å². The molecular weight excluding hydrogens is 234 g/mol. The maximum absolute atomic E-state index is 11.4. The molecule has 2 aromatic rings. The number of fused-ring (bicyclic) bond motifs is 1. The van der Waals surface area contributed by atoms with Gasteiger partial charge < -0.3 is 10.2 Å². The maximum atomic E-state index is 11.4. The Hall–Kier alpha value is -1.62. The first kappa shape index (κ1) is 11.9. The second-order valence-electron chi connectivity index (χ2n) is 3.99. The molecule has 17 heavy (non-hydrogen) atoms. The average molecular weight is 249 g/mol. The highest BCUT2D eigenvalue weighted by atomic mass is 32.1. The van der Waals surface area contributed by atoms with Gasteiger partial charge in [0.2, 0.25) is 5.91 Å². The van der Waals surface area contributed by atoms with E-state index in [2.05, 4.69) is 9.69 Å². The van der Waals surface area contributed by atoms with E-state index in [1.807, 2.05) is 24.3 Å². The molecule has 4 nitrogen and oxygen atoms in total. The topological polar surface area (TPSA) is 45.2 Å². The summed E-state index contributed by atoms with van der Waals surface area (Å²) < 4.78 is 4.34. The molecule has 1 amide bonds. The molecule has 0 fully saturated rings. The van der Waals surface area contributed by atoms with Gasteiger partial charge in [0.25, 0.3) is 0 Å². The Morgan fingerprint density at radius 2 is 2.18 bits per heavy atom. The Balaban J connectivity index is 1.98. The van der Waals surface area contributed by atoms with E-state index >= 15 is 0 Å². The van der Waals surface area contributed by atoms with E-state index in [0.717, 1.165) is 15.9 Å². The molecule has 1 aromatic carbocycles. The van der Waals surface area contributed by atoms with Gasteiger partial charge in [-0.25, -0.2) is 0 Å². The number of benzene rings is 1. The van der Waals surface area contributed by atoms with Crippen molar-refractivity contribution in [2.24, 2.45) is 0 Å². The van der Waals surface area contributed by atoms with E-state index in [4.69, 9.17) is 0 Å². The zero-order valence-electron chi connectivity index (χ0n) is 9.93. The molecule has 1 N–H and O–H groups in total. The molecule has 0 saturated carbocycles. The fourth-order valence-electron chi connectivity index (χ4n) is 1.52. The first-order valence-corrected chi connectivity index (χ1v) is 6.24. The zero-order valence-corrected chi connectivity index (χ0v) is 10.8. The van der Waals surface area contributed by atoms with E-state index in [-0.39, 0.29) is 5.91 Å². The van der Waals surface area contributed by atoms with Gasteiger partial charge in [-0.15, -0.1) is 0 Å². The van der Waals surface area contributed by atoms with Crippen molar-refractivity contribution in [2.75, 3.05) is 26.0 Å². The lowest BCUT2D eigenvalue weighted by atomic mass is 10.2. The summed E-state index contributed by atoms with van der Waals surface area (Å²) in [6.07, 6.45) is 0.499. The minimum atomic E-state index is 0.131. The Morgan fingerprint density at radius 3 is 2.94 bits per heavy atom. The monoisotopic (exact) mass is 249 g/mol. The number of nitrogens with zero attached hydrogens (tertiary/aromatic N) is 2. The van der Waals surface area contributed by atoms with Gasteiger partial charge in [0.15, 0.2) is 0 Å². The minimum Gasteiger partial charge on any atom is -0.375 e. The lowest BCUT2D eigenvalue weighted by molar-refractivity contribution is -0.128. The van der Waals surface area contributed by atoms with Crippen molar-refractivity contribution in [2.45, 2.75) is 6.42 Å². The van der Waals surface area contributed by atoms with Crippen molar-refractivity contribution in [1.82, 2.24) is 9.27 Å². The first-order valence-electron chi connectivity index (χ1n) is 5.47. The SMILES string of the molecule is CN(C)C(=O)CCNc1snc2ccccc12. The highest BCUT2D eigenvalue weighted by Gasteiger charge is 2.06. The normalized spacial score (nSPS) is 10.5. The van der Waals surface area contributed by atoms with Crippen molar-refractivity contribution < 1.29 is 4.79 Å². The van der Waals surface area contributed by atoms with Crippen LogP contribution in [-0.4, -0.2) is 35.8 Å². The zero-order chi connectivity index (χ0) is 12.3. The third-order valence-electron chi connectivity index (χ3n) is 2.51. The second kappa shape index (κ2) is 5.14. The molecule has 0 bridgehead atoms. The molecule has 0 radical (unpaired) electrons. The summed E-state index contributed by atoms with van der Waals surface area (Å²) in [5.41, 5.74) is 0.999. The molecule has 0 aliphatic carbocycles. The van der Waals surface area contributed by atoms with Crippen LogP contribution in [0.1, 0.15) is 6.42 Å². The molecule has 0 spiro atoms. The Morgan fingerprint density at radius 1 is 1.41 bits per heavy atom. The van der Waals surface area contributed by atoms with Crippen LogP contribution in [0.3, 0.4) is 0 Å². The predicted octanol–water partition coefficient (Wildman–Crippen LogP) is 2.19. The number of carbonyl (C=O) groups excluding carboxylic acids is 1. The molecule has 2 rings (SSSR count). The van der Waals surface area contributed by atoms with E-state index in [1.54, 1.807) is 19.0 Å². The number of rotatable bonds is 4. The van der Waals surface area contributed by atoms with E-state index in [0.29, 0.717) is 13.0 Å². The second-order valence-corrected chi connectivity index (χ2v) is 4.77. The number of hydrogen-bond acceptors (Lipinski definition) is 4. The predicted molar refractivity (Wildman–Crippen MR) is 71.4 cm³/mol. The molecular formula is C12H15N3OS. The highest BCUT2D eigenvalue weighted by Crippen LogP contribution is 2.26. The van der Waals surface area contributed by atoms with Gasteiger partial charge in [-0.05, 0) is 23.7 Å². The summed E-state index contributed by atoms with van der Waals surface area (Å²) in [5.74, 6) is 0.131. The molecule has 1 aromatic heterocycles. The number of hydrogen-bond donors (Lipinski definition) is 1. The van der Waals surface area contributed by atoms with Crippen LogP contribution in [-0.2, 0) is 4.79 Å². The van der Waals surface area contributed by atoms with Crippen LogP contribution in [0.4, 0.5) is 5.00 Å². The molecule has 0 aliphatic heterocycles. The Kier molecular flexibility index (Phi) is 3.58. The van der Waals surface area contributed by atoms with Crippen LogP contribution in [0.15, 0.2) is 24.3 Å². The Labute approximate surface area is 104 Å². The van der Waals surface area contributed by atoms with Crippen LogP contribution >= 0.6 is 11.5 Å². The summed E-state index contributed by atoms with van der Waals surface area (Å²) in [5, 5.41) is 5.42. The van der Waals surface area contributed by atoms with Gasteiger partial charge in [0, 0.05) is 32.4 Å².